The van der Waals surface area contributed by atoms with Gasteiger partial charge in [-0.25, -0.2) is 4.79 Å². The van der Waals surface area contributed by atoms with Gasteiger partial charge in [-0.15, -0.1) is 23.2 Å². The van der Waals surface area contributed by atoms with Crippen LogP contribution in [0.2, 0.25) is 0 Å². The molecule has 34 heavy (non-hydrogen) atoms. The van der Waals surface area contributed by atoms with E-state index in [1.54, 1.807) is 24.3 Å². The molecule has 3 amide bonds. The van der Waals surface area contributed by atoms with E-state index in [0.717, 1.165) is 31.7 Å². The number of nitrogens with one attached hydrogen (secondary N) is 3. The number of alkyl halides is 2. The van der Waals surface area contributed by atoms with E-state index in [1.165, 1.54) is 0 Å². The highest BCUT2D eigenvalue weighted by Gasteiger charge is 2.08. The normalized spacial score (nSPS) is 10.7. The summed E-state index contributed by atoms with van der Waals surface area (Å²) in [5.74, 6) is 1.02. The number of carbonyl (C=O) groups is 2. The van der Waals surface area contributed by atoms with Gasteiger partial charge in [0.25, 0.3) is 0 Å². The summed E-state index contributed by atoms with van der Waals surface area (Å²) in [6, 6.07) is 14.2. The lowest BCUT2D eigenvalue weighted by Crippen LogP contribution is -2.27. The van der Waals surface area contributed by atoms with Crippen molar-refractivity contribution in [2.75, 3.05) is 65.3 Å². The zero-order valence-electron chi connectivity index (χ0n) is 19.9. The van der Waals surface area contributed by atoms with Gasteiger partial charge in [0.1, 0.15) is 0 Å². The third kappa shape index (κ3) is 9.79. The predicted octanol–water partition coefficient (Wildman–Crippen LogP) is 5.68. The maximum absolute atomic E-state index is 12.3. The number of hydrogen-bond acceptors (Lipinski definition) is 4. The SMILES string of the molecule is CCN(CC)CCCC(=O)Nc1ccc(NC(=O)Nc2ccc(N(CCCl)CCCl)cc2)cc1. The van der Waals surface area contributed by atoms with E-state index in [-0.39, 0.29) is 11.9 Å². The molecular weight excluding hydrogens is 473 g/mol. The van der Waals surface area contributed by atoms with Crippen LogP contribution in [0.4, 0.5) is 27.5 Å². The number of halogens is 2. The molecule has 0 atom stereocenters. The first kappa shape index (κ1) is 27.8. The predicted molar refractivity (Wildman–Crippen MR) is 145 cm³/mol. The Morgan fingerprint density at radius 1 is 0.735 bits per heavy atom. The van der Waals surface area contributed by atoms with Crippen molar-refractivity contribution in [2.45, 2.75) is 26.7 Å². The number of hydrogen-bond donors (Lipinski definition) is 3. The zero-order chi connectivity index (χ0) is 24.8. The van der Waals surface area contributed by atoms with Crippen LogP contribution in [0.5, 0.6) is 0 Å². The van der Waals surface area contributed by atoms with Crippen LogP contribution in [0.3, 0.4) is 0 Å². The highest BCUT2D eigenvalue weighted by molar-refractivity contribution is 6.18. The smallest absolute Gasteiger partial charge is 0.323 e. The Labute approximate surface area is 212 Å². The minimum Gasteiger partial charge on any atom is -0.369 e. The lowest BCUT2D eigenvalue weighted by molar-refractivity contribution is -0.116. The average Bonchev–Trinajstić information content (AvgIpc) is 2.83. The molecule has 0 bridgehead atoms. The van der Waals surface area contributed by atoms with Gasteiger partial charge in [0, 0.05) is 54.0 Å². The molecule has 2 rings (SSSR count). The molecule has 0 radical (unpaired) electrons. The number of amides is 3. The quantitative estimate of drug-likeness (QED) is 0.287. The van der Waals surface area contributed by atoms with Crippen molar-refractivity contribution >= 4 is 57.9 Å². The Morgan fingerprint density at radius 2 is 1.21 bits per heavy atom. The fraction of sp³-hybridized carbons (Fsp3) is 0.440. The van der Waals surface area contributed by atoms with E-state index in [9.17, 15) is 9.59 Å². The van der Waals surface area contributed by atoms with Gasteiger partial charge in [-0.2, -0.15) is 0 Å². The van der Waals surface area contributed by atoms with Crippen molar-refractivity contribution in [3.05, 3.63) is 48.5 Å². The standard InChI is InChI=1S/C25H35Cl2N5O2/c1-3-31(4-2)17-5-6-24(33)28-20-7-9-21(10-8-20)29-25(34)30-22-11-13-23(14-12-22)32(18-15-26)19-16-27/h7-14H,3-6,15-19H2,1-2H3,(H,28,33)(H2,29,30,34). The van der Waals surface area contributed by atoms with E-state index in [0.29, 0.717) is 48.3 Å². The van der Waals surface area contributed by atoms with E-state index in [2.05, 4.69) is 39.6 Å². The third-order valence-corrected chi connectivity index (χ3v) is 5.74. The molecule has 2 aromatic carbocycles. The minimum absolute atomic E-state index is 0.00952. The molecule has 0 aromatic heterocycles. The van der Waals surface area contributed by atoms with Gasteiger partial charge < -0.3 is 25.8 Å². The van der Waals surface area contributed by atoms with Crippen LogP contribution >= 0.6 is 23.2 Å². The Balaban J connectivity index is 1.80. The van der Waals surface area contributed by atoms with Crippen molar-refractivity contribution in [3.8, 4) is 0 Å². The number of benzene rings is 2. The summed E-state index contributed by atoms with van der Waals surface area (Å²) in [7, 11) is 0. The van der Waals surface area contributed by atoms with Crippen molar-refractivity contribution in [1.82, 2.24) is 4.90 Å². The molecule has 0 fully saturated rings. The second kappa shape index (κ2) is 15.4. The Kier molecular flexibility index (Phi) is 12.6. The Hall–Kier alpha value is -2.48. The first-order valence-corrected chi connectivity index (χ1v) is 12.7. The van der Waals surface area contributed by atoms with Crippen LogP contribution in [-0.2, 0) is 4.79 Å². The number of rotatable bonds is 14. The molecule has 0 saturated carbocycles. The van der Waals surface area contributed by atoms with Crippen LogP contribution in [0.25, 0.3) is 0 Å². The van der Waals surface area contributed by atoms with Crippen molar-refractivity contribution < 1.29 is 9.59 Å². The number of anilines is 4. The summed E-state index contributed by atoms with van der Waals surface area (Å²) in [6.07, 6.45) is 1.30. The zero-order valence-corrected chi connectivity index (χ0v) is 21.5. The molecule has 186 valence electrons. The topological polar surface area (TPSA) is 76.7 Å². The summed E-state index contributed by atoms with van der Waals surface area (Å²) >= 11 is 11.7. The van der Waals surface area contributed by atoms with Gasteiger partial charge in [0.15, 0.2) is 0 Å². The molecule has 9 heteroatoms. The van der Waals surface area contributed by atoms with Crippen molar-refractivity contribution in [2.24, 2.45) is 0 Å². The molecule has 0 spiro atoms. The lowest BCUT2D eigenvalue weighted by atomic mass is 10.2. The maximum atomic E-state index is 12.3. The summed E-state index contributed by atoms with van der Waals surface area (Å²) in [6.45, 7) is 8.55. The van der Waals surface area contributed by atoms with Crippen molar-refractivity contribution in [3.63, 3.8) is 0 Å². The molecule has 3 N–H and O–H groups in total. The molecule has 0 heterocycles. The van der Waals surface area contributed by atoms with Crippen LogP contribution in [0.15, 0.2) is 48.5 Å². The molecule has 2 aromatic rings. The number of urea groups is 1. The van der Waals surface area contributed by atoms with Crippen LogP contribution in [-0.4, -0.2) is 61.3 Å². The summed E-state index contributed by atoms with van der Waals surface area (Å²) in [5, 5.41) is 8.51. The van der Waals surface area contributed by atoms with Crippen LogP contribution < -0.4 is 20.9 Å². The van der Waals surface area contributed by atoms with Gasteiger partial charge in [-0.3, -0.25) is 4.79 Å². The largest absolute Gasteiger partial charge is 0.369 e. The molecule has 0 aliphatic carbocycles. The summed E-state index contributed by atoms with van der Waals surface area (Å²) in [5.41, 5.74) is 3.00. The molecule has 0 saturated heterocycles. The third-order valence-electron chi connectivity index (χ3n) is 5.40. The molecular formula is C25H35Cl2N5O2. The fourth-order valence-electron chi connectivity index (χ4n) is 3.49. The van der Waals surface area contributed by atoms with Crippen molar-refractivity contribution in [1.29, 1.82) is 0 Å². The summed E-state index contributed by atoms with van der Waals surface area (Å²) < 4.78 is 0. The number of carbonyl (C=O) groups excluding carboxylic acids is 2. The van der Waals surface area contributed by atoms with Gasteiger partial charge in [0.2, 0.25) is 5.91 Å². The van der Waals surface area contributed by atoms with E-state index >= 15 is 0 Å². The van der Waals surface area contributed by atoms with Crippen LogP contribution in [0.1, 0.15) is 26.7 Å². The van der Waals surface area contributed by atoms with Gasteiger partial charge >= 0.3 is 6.03 Å². The molecule has 0 aliphatic heterocycles. The first-order chi connectivity index (χ1) is 16.5. The highest BCUT2D eigenvalue weighted by Crippen LogP contribution is 2.19. The fourth-order valence-corrected chi connectivity index (χ4v) is 3.89. The van der Waals surface area contributed by atoms with Gasteiger partial charge in [-0.05, 0) is 74.6 Å². The Bertz CT molecular complexity index is 868. The number of nitrogens with zero attached hydrogens (tertiary/aromatic N) is 2. The molecule has 0 aliphatic rings. The van der Waals surface area contributed by atoms with E-state index in [4.69, 9.17) is 23.2 Å². The second-order valence-corrected chi connectivity index (χ2v) is 8.50. The van der Waals surface area contributed by atoms with E-state index in [1.807, 2.05) is 24.3 Å². The highest BCUT2D eigenvalue weighted by atomic mass is 35.5. The molecule has 0 unspecified atom stereocenters. The first-order valence-electron chi connectivity index (χ1n) is 11.7. The summed E-state index contributed by atoms with van der Waals surface area (Å²) in [4.78, 5) is 28.9. The lowest BCUT2D eigenvalue weighted by Gasteiger charge is -2.23. The Morgan fingerprint density at radius 3 is 1.68 bits per heavy atom. The average molecular weight is 508 g/mol. The minimum atomic E-state index is -0.348. The maximum Gasteiger partial charge on any atom is 0.323 e. The van der Waals surface area contributed by atoms with Gasteiger partial charge in [0.05, 0.1) is 0 Å². The second-order valence-electron chi connectivity index (χ2n) is 7.75. The molecule has 7 nitrogen and oxygen atoms in total. The van der Waals surface area contributed by atoms with Crippen LogP contribution in [0, 0.1) is 0 Å². The van der Waals surface area contributed by atoms with E-state index < -0.39 is 0 Å². The van der Waals surface area contributed by atoms with Gasteiger partial charge in [-0.1, -0.05) is 13.8 Å². The monoisotopic (exact) mass is 507 g/mol.